The van der Waals surface area contributed by atoms with E-state index in [1.807, 2.05) is 19.1 Å². The second kappa shape index (κ2) is 5.35. The lowest BCUT2D eigenvalue weighted by Crippen LogP contribution is -2.38. The third-order valence-corrected chi connectivity index (χ3v) is 2.91. The summed E-state index contributed by atoms with van der Waals surface area (Å²) in [6.45, 7) is -8.84. The number of para-hydroxylation sites is 1. The van der Waals surface area contributed by atoms with Crippen LogP contribution in [0.1, 0.15) is 57.2 Å². The number of aryl methyl sites for hydroxylation is 1. The minimum absolute atomic E-state index is 0.0823. The third kappa shape index (κ3) is 3.37. The molecule has 3 heteroatoms. The standard InChI is InChI=1S/C16H23NO2/c1-5-11-7-6-8-12-9-14(19-15(11)12)13(18)10-17-16(2,3)4/h6-9,13,17-18H,5,10H2,1-4H3/i2D3,3D3,4D3. The number of aliphatic hydroxyl groups excluding tert-OH is 1. The second-order valence-electron chi connectivity index (χ2n) is 4.48. The lowest BCUT2D eigenvalue weighted by Gasteiger charge is -2.22. The Bertz CT molecular complexity index is 784. The average Bonchev–Trinajstić information content (AvgIpc) is 2.95. The molecule has 1 heterocycles. The van der Waals surface area contributed by atoms with Gasteiger partial charge < -0.3 is 14.8 Å². The number of furan rings is 1. The van der Waals surface area contributed by atoms with E-state index in [0.29, 0.717) is 12.0 Å². The van der Waals surface area contributed by atoms with E-state index in [4.69, 9.17) is 16.8 Å². The number of aliphatic hydroxyl groups is 1. The molecular weight excluding hydrogens is 238 g/mol. The molecule has 0 spiro atoms. The Kier molecular flexibility index (Phi) is 1.81. The molecule has 3 nitrogen and oxygen atoms in total. The van der Waals surface area contributed by atoms with Gasteiger partial charge in [0.15, 0.2) is 0 Å². The molecule has 1 aromatic heterocycles. The zero-order valence-corrected chi connectivity index (χ0v) is 10.7. The fraction of sp³-hybridized carbons (Fsp3) is 0.500. The van der Waals surface area contributed by atoms with E-state index in [1.54, 1.807) is 12.1 Å². The van der Waals surface area contributed by atoms with Crippen molar-refractivity contribution in [2.45, 2.75) is 45.5 Å². The molecule has 1 unspecified atom stereocenters. The van der Waals surface area contributed by atoms with Crippen LogP contribution in [-0.2, 0) is 6.42 Å². The van der Waals surface area contributed by atoms with Crippen molar-refractivity contribution in [1.29, 1.82) is 0 Å². The third-order valence-electron chi connectivity index (χ3n) is 2.91. The smallest absolute Gasteiger partial charge is 0.137 e. The summed E-state index contributed by atoms with van der Waals surface area (Å²) in [7, 11) is 0. The topological polar surface area (TPSA) is 45.4 Å². The molecule has 0 fully saturated rings. The first-order valence-corrected chi connectivity index (χ1v) is 6.10. The number of benzene rings is 1. The van der Waals surface area contributed by atoms with Crippen molar-refractivity contribution >= 4 is 11.0 Å². The summed E-state index contributed by atoms with van der Waals surface area (Å²) in [4.78, 5) is 0. The van der Waals surface area contributed by atoms with Crippen LogP contribution in [-0.4, -0.2) is 17.2 Å². The normalized spacial score (nSPS) is 22.9. The Morgan fingerprint density at radius 3 is 2.89 bits per heavy atom. The second-order valence-corrected chi connectivity index (χ2v) is 4.48. The lowest BCUT2D eigenvalue weighted by atomic mass is 10.1. The van der Waals surface area contributed by atoms with E-state index in [1.165, 1.54) is 0 Å². The monoisotopic (exact) mass is 270 g/mol. The summed E-state index contributed by atoms with van der Waals surface area (Å²) in [6.07, 6.45) is -0.748. The molecule has 19 heavy (non-hydrogen) atoms. The summed E-state index contributed by atoms with van der Waals surface area (Å²) in [5, 5.41) is 13.3. The van der Waals surface area contributed by atoms with Crippen molar-refractivity contribution in [1.82, 2.24) is 5.32 Å². The van der Waals surface area contributed by atoms with E-state index < -0.39 is 38.7 Å². The number of β-amino-alcohol motifs (C(OH)–C–C–N with tert-alkyl or cyclic N) is 1. The molecule has 0 saturated heterocycles. The number of nitrogens with one attached hydrogen (secondary N) is 1. The maximum Gasteiger partial charge on any atom is 0.137 e. The van der Waals surface area contributed by atoms with Crippen molar-refractivity contribution < 1.29 is 21.9 Å². The van der Waals surface area contributed by atoms with Crippen molar-refractivity contribution in [3.05, 3.63) is 35.6 Å². The fourth-order valence-electron chi connectivity index (χ4n) is 1.94. The summed E-state index contributed by atoms with van der Waals surface area (Å²) >= 11 is 0. The van der Waals surface area contributed by atoms with E-state index in [-0.39, 0.29) is 5.76 Å². The quantitative estimate of drug-likeness (QED) is 0.895. The van der Waals surface area contributed by atoms with E-state index >= 15 is 0 Å². The number of fused-ring (bicyclic) bond motifs is 1. The van der Waals surface area contributed by atoms with Crippen LogP contribution in [0.2, 0.25) is 0 Å². The van der Waals surface area contributed by atoms with Crippen LogP contribution in [0.25, 0.3) is 11.0 Å². The van der Waals surface area contributed by atoms with Crippen molar-refractivity contribution in [3.8, 4) is 0 Å². The molecule has 0 aliphatic rings. The first-order chi connectivity index (χ1) is 12.7. The summed E-state index contributed by atoms with van der Waals surface area (Å²) in [5.41, 5.74) is -1.73. The van der Waals surface area contributed by atoms with Gasteiger partial charge in [0.25, 0.3) is 0 Å². The number of hydrogen-bond donors (Lipinski definition) is 2. The highest BCUT2D eigenvalue weighted by Gasteiger charge is 2.17. The first-order valence-electron chi connectivity index (χ1n) is 10.6. The Morgan fingerprint density at radius 2 is 2.21 bits per heavy atom. The molecule has 0 aliphatic heterocycles. The molecule has 1 atom stereocenters. The van der Waals surface area contributed by atoms with E-state index in [0.717, 1.165) is 10.9 Å². The van der Waals surface area contributed by atoms with Gasteiger partial charge >= 0.3 is 0 Å². The van der Waals surface area contributed by atoms with Gasteiger partial charge in [0.2, 0.25) is 0 Å². The van der Waals surface area contributed by atoms with Gasteiger partial charge in [-0.1, -0.05) is 25.1 Å². The molecule has 0 saturated carbocycles. The van der Waals surface area contributed by atoms with Crippen LogP contribution in [0.4, 0.5) is 0 Å². The van der Waals surface area contributed by atoms with Crippen LogP contribution in [0.3, 0.4) is 0 Å². The first kappa shape index (κ1) is 6.42. The van der Waals surface area contributed by atoms with Crippen LogP contribution in [0, 0.1) is 0 Å². The Morgan fingerprint density at radius 1 is 1.42 bits per heavy atom. The highest BCUT2D eigenvalue weighted by molar-refractivity contribution is 5.81. The predicted molar refractivity (Wildman–Crippen MR) is 78.3 cm³/mol. The Hall–Kier alpha value is -1.32. The zero-order chi connectivity index (χ0) is 21.5. The van der Waals surface area contributed by atoms with Gasteiger partial charge in [0.05, 0.1) is 0 Å². The van der Waals surface area contributed by atoms with Crippen molar-refractivity contribution in [2.24, 2.45) is 0 Å². The molecule has 0 aliphatic carbocycles. The van der Waals surface area contributed by atoms with Gasteiger partial charge in [-0.2, -0.15) is 0 Å². The molecule has 2 rings (SSSR count). The summed E-state index contributed by atoms with van der Waals surface area (Å²) in [5.74, 6) is 0.0823. The van der Waals surface area contributed by atoms with Gasteiger partial charge in [-0.05, 0) is 38.6 Å². The SMILES string of the molecule is [2H]C([2H])([2H])C(NCC(O)c1cc2cccc(CC)c2o1)(C([2H])([2H])[2H])C([2H])([2H])[2H]. The van der Waals surface area contributed by atoms with Gasteiger partial charge in [0, 0.05) is 29.8 Å². The van der Waals surface area contributed by atoms with Crippen LogP contribution in [0.5, 0.6) is 0 Å². The zero-order valence-electron chi connectivity index (χ0n) is 19.7. The van der Waals surface area contributed by atoms with Gasteiger partial charge in [-0.15, -0.1) is 0 Å². The lowest BCUT2D eigenvalue weighted by molar-refractivity contribution is 0.140. The minimum Gasteiger partial charge on any atom is -0.458 e. The summed E-state index contributed by atoms with van der Waals surface area (Å²) in [6, 6.07) is 7.03. The molecular formula is C16H23NO2. The molecule has 2 N–H and O–H groups in total. The van der Waals surface area contributed by atoms with E-state index in [2.05, 4.69) is 5.32 Å². The fourth-order valence-corrected chi connectivity index (χ4v) is 1.94. The highest BCUT2D eigenvalue weighted by atomic mass is 16.4. The van der Waals surface area contributed by atoms with Gasteiger partial charge in [-0.3, -0.25) is 0 Å². The van der Waals surface area contributed by atoms with Gasteiger partial charge in [-0.25, -0.2) is 0 Å². The number of rotatable bonds is 4. The molecule has 0 radical (unpaired) electrons. The van der Waals surface area contributed by atoms with Crippen LogP contribution < -0.4 is 5.32 Å². The molecule has 1 aromatic carbocycles. The summed E-state index contributed by atoms with van der Waals surface area (Å²) < 4.78 is 73.9. The predicted octanol–water partition coefficient (Wildman–Crippen LogP) is 3.42. The van der Waals surface area contributed by atoms with Crippen molar-refractivity contribution in [3.63, 3.8) is 0 Å². The highest BCUT2D eigenvalue weighted by Crippen LogP contribution is 2.27. The van der Waals surface area contributed by atoms with E-state index in [9.17, 15) is 5.11 Å². The maximum absolute atomic E-state index is 10.4. The largest absolute Gasteiger partial charge is 0.458 e. The maximum atomic E-state index is 10.4. The van der Waals surface area contributed by atoms with Crippen LogP contribution >= 0.6 is 0 Å². The molecule has 104 valence electrons. The molecule has 2 aromatic rings. The Labute approximate surface area is 127 Å². The average molecular weight is 270 g/mol. The minimum atomic E-state index is -3.38. The Balaban J connectivity index is 2.38. The van der Waals surface area contributed by atoms with Gasteiger partial charge in [0.1, 0.15) is 17.4 Å². The van der Waals surface area contributed by atoms with Crippen LogP contribution in [0.15, 0.2) is 28.7 Å². The van der Waals surface area contributed by atoms with Crippen molar-refractivity contribution in [2.75, 3.05) is 6.54 Å². The molecule has 0 amide bonds. The molecule has 0 bridgehead atoms. The number of hydrogen-bond acceptors (Lipinski definition) is 3.